The first kappa shape index (κ1) is 34.3. The van der Waals surface area contributed by atoms with Crippen molar-refractivity contribution in [2.75, 3.05) is 26.2 Å². The standard InChI is InChI=1S/C28H39N9O8/c29-28(30)31-10-4-8-17-24(42)32-14-22(39)35-18(13-23(40)41)25(43)36-19(12-16-6-2-1-3-7-16)27(45)37-11-5-9-20(37)26(44)33-15-21(38)34-17/h1-3,6-7,17-20H,4-5,8-15H2,(H,32,42)(H,33,44)(H,34,38)(H,35,39)(H,36,43)(H,40,41)(H4,29,30,31)/t17-,18-,19-,20-/m0/s1. The monoisotopic (exact) mass is 629 g/mol. The van der Waals surface area contributed by atoms with E-state index in [1.165, 1.54) is 4.90 Å². The third-order valence-electron chi connectivity index (χ3n) is 7.21. The number of benzene rings is 1. The van der Waals surface area contributed by atoms with Gasteiger partial charge < -0.3 is 48.1 Å². The van der Waals surface area contributed by atoms with Gasteiger partial charge in [0.05, 0.1) is 19.5 Å². The Morgan fingerprint density at radius 1 is 0.867 bits per heavy atom. The number of nitrogens with one attached hydrogen (secondary N) is 5. The molecular formula is C28H39N9O8. The van der Waals surface area contributed by atoms with E-state index in [9.17, 15) is 38.7 Å². The molecular weight excluding hydrogens is 590 g/mol. The van der Waals surface area contributed by atoms with Gasteiger partial charge in [-0.25, -0.2) is 0 Å². The van der Waals surface area contributed by atoms with Gasteiger partial charge in [-0.15, -0.1) is 0 Å². The number of rotatable bonds is 8. The average molecular weight is 630 g/mol. The van der Waals surface area contributed by atoms with E-state index in [-0.39, 0.29) is 38.3 Å². The molecule has 2 saturated heterocycles. The zero-order valence-corrected chi connectivity index (χ0v) is 24.6. The molecule has 3 rings (SSSR count). The van der Waals surface area contributed by atoms with E-state index < -0.39 is 85.1 Å². The van der Waals surface area contributed by atoms with Crippen molar-refractivity contribution in [3.8, 4) is 0 Å². The predicted octanol–water partition coefficient (Wildman–Crippen LogP) is -3.55. The highest BCUT2D eigenvalue weighted by molar-refractivity contribution is 5.98. The fourth-order valence-electron chi connectivity index (χ4n) is 5.05. The number of hydrogen-bond acceptors (Lipinski definition) is 8. The van der Waals surface area contributed by atoms with Crippen LogP contribution < -0.4 is 38.1 Å². The first-order valence-corrected chi connectivity index (χ1v) is 14.5. The third-order valence-corrected chi connectivity index (χ3v) is 7.21. The van der Waals surface area contributed by atoms with Crippen LogP contribution in [0.5, 0.6) is 0 Å². The van der Waals surface area contributed by atoms with Crippen LogP contribution in [0.1, 0.15) is 37.7 Å². The summed E-state index contributed by atoms with van der Waals surface area (Å²) in [5.74, 6) is -5.97. The fraction of sp³-hybridized carbons (Fsp3) is 0.500. The number of carboxylic acids is 1. The van der Waals surface area contributed by atoms with Crippen LogP contribution >= 0.6 is 0 Å². The van der Waals surface area contributed by atoms with Gasteiger partial charge in [0.2, 0.25) is 35.4 Å². The topological polar surface area (TPSA) is 268 Å². The van der Waals surface area contributed by atoms with Gasteiger partial charge in [-0.2, -0.15) is 0 Å². The lowest BCUT2D eigenvalue weighted by atomic mass is 10.0. The number of hydrogen-bond donors (Lipinski definition) is 8. The molecule has 4 atom stereocenters. The zero-order valence-electron chi connectivity index (χ0n) is 24.6. The van der Waals surface area contributed by atoms with Crippen LogP contribution in [0.4, 0.5) is 0 Å². The number of carboxylic acid groups (broad SMARTS) is 1. The molecule has 2 aliphatic rings. The molecule has 45 heavy (non-hydrogen) atoms. The minimum Gasteiger partial charge on any atom is -0.481 e. The van der Waals surface area contributed by atoms with E-state index in [2.05, 4.69) is 31.6 Å². The molecule has 0 spiro atoms. The Labute approximate surface area is 258 Å². The molecule has 17 heteroatoms. The van der Waals surface area contributed by atoms with E-state index in [0.29, 0.717) is 18.4 Å². The van der Waals surface area contributed by atoms with E-state index in [1.54, 1.807) is 30.3 Å². The normalized spacial score (nSPS) is 23.7. The van der Waals surface area contributed by atoms with Gasteiger partial charge in [0.1, 0.15) is 24.2 Å². The fourth-order valence-corrected chi connectivity index (χ4v) is 5.05. The summed E-state index contributed by atoms with van der Waals surface area (Å²) in [6, 6.07) is 3.87. The van der Waals surface area contributed by atoms with Crippen molar-refractivity contribution >= 4 is 47.4 Å². The number of fused-ring (bicyclic) bond motifs is 1. The van der Waals surface area contributed by atoms with Crippen molar-refractivity contribution in [1.29, 1.82) is 0 Å². The Kier molecular flexibility index (Phi) is 12.6. The van der Waals surface area contributed by atoms with Crippen LogP contribution in [-0.2, 0) is 40.0 Å². The minimum absolute atomic E-state index is 0.0209. The summed E-state index contributed by atoms with van der Waals surface area (Å²) in [5, 5.41) is 21.7. The lowest BCUT2D eigenvalue weighted by molar-refractivity contribution is -0.143. The Morgan fingerprint density at radius 2 is 1.51 bits per heavy atom. The van der Waals surface area contributed by atoms with Gasteiger partial charge in [-0.3, -0.25) is 38.6 Å². The van der Waals surface area contributed by atoms with E-state index in [4.69, 9.17) is 11.5 Å². The zero-order chi connectivity index (χ0) is 32.9. The molecule has 2 fully saturated rings. The van der Waals surface area contributed by atoms with E-state index in [1.807, 2.05) is 0 Å². The van der Waals surface area contributed by atoms with E-state index >= 15 is 0 Å². The van der Waals surface area contributed by atoms with E-state index in [0.717, 1.165) is 0 Å². The lowest BCUT2D eigenvalue weighted by Crippen LogP contribution is -2.59. The number of nitrogens with two attached hydrogens (primary N) is 2. The Balaban J connectivity index is 1.89. The van der Waals surface area contributed by atoms with Crippen molar-refractivity contribution in [1.82, 2.24) is 31.5 Å². The molecule has 10 N–H and O–H groups in total. The second kappa shape index (κ2) is 16.6. The number of carbonyl (C=O) groups excluding carboxylic acids is 6. The van der Waals surface area contributed by atoms with Gasteiger partial charge in [0.25, 0.3) is 0 Å². The molecule has 244 valence electrons. The average Bonchev–Trinajstić information content (AvgIpc) is 3.49. The van der Waals surface area contributed by atoms with Gasteiger partial charge in [0.15, 0.2) is 5.96 Å². The van der Waals surface area contributed by atoms with Crippen molar-refractivity contribution in [2.24, 2.45) is 16.5 Å². The van der Waals surface area contributed by atoms with Crippen LogP contribution in [-0.4, -0.2) is 108 Å². The highest BCUT2D eigenvalue weighted by Gasteiger charge is 2.39. The number of aliphatic carboxylic acids is 1. The van der Waals surface area contributed by atoms with Crippen LogP contribution in [0, 0.1) is 0 Å². The molecule has 0 saturated carbocycles. The summed E-state index contributed by atoms with van der Waals surface area (Å²) in [6.45, 7) is -0.781. The van der Waals surface area contributed by atoms with Crippen LogP contribution in [0.3, 0.4) is 0 Å². The SMILES string of the molecule is NC(N)=NCCC[C@@H]1NC(=O)CNC(=O)[C@@H]2CCCN2C(=O)[C@H](Cc2ccccc2)NC(=O)[C@H](CC(=O)O)NC(=O)CNC1=O. The molecule has 0 radical (unpaired) electrons. The van der Waals surface area contributed by atoms with Crippen molar-refractivity contribution in [3.63, 3.8) is 0 Å². The summed E-state index contributed by atoms with van der Waals surface area (Å²) in [7, 11) is 0. The van der Waals surface area contributed by atoms with Crippen molar-refractivity contribution in [2.45, 2.75) is 62.7 Å². The number of aliphatic imine (C=N–C) groups is 1. The number of nitrogens with zero attached hydrogens (tertiary/aromatic N) is 2. The van der Waals surface area contributed by atoms with Crippen molar-refractivity contribution in [3.05, 3.63) is 35.9 Å². The largest absolute Gasteiger partial charge is 0.481 e. The molecule has 17 nitrogen and oxygen atoms in total. The van der Waals surface area contributed by atoms with Gasteiger partial charge in [-0.1, -0.05) is 30.3 Å². The molecule has 0 aliphatic carbocycles. The van der Waals surface area contributed by atoms with Crippen LogP contribution in [0.2, 0.25) is 0 Å². The number of guanidine groups is 1. The quantitative estimate of drug-likeness (QED) is 0.0797. The molecule has 2 aliphatic heterocycles. The maximum atomic E-state index is 13.8. The molecule has 0 unspecified atom stereocenters. The Morgan fingerprint density at radius 3 is 2.16 bits per heavy atom. The van der Waals surface area contributed by atoms with Crippen molar-refractivity contribution < 1.29 is 38.7 Å². The Hall–Kier alpha value is -5.22. The molecule has 6 amide bonds. The summed E-state index contributed by atoms with van der Waals surface area (Å²) in [4.78, 5) is 95.4. The predicted molar refractivity (Wildman–Crippen MR) is 159 cm³/mol. The van der Waals surface area contributed by atoms with Gasteiger partial charge >= 0.3 is 5.97 Å². The summed E-state index contributed by atoms with van der Waals surface area (Å²) < 4.78 is 0. The summed E-state index contributed by atoms with van der Waals surface area (Å²) in [6.07, 6.45) is 0.347. The molecule has 1 aromatic carbocycles. The van der Waals surface area contributed by atoms with Gasteiger partial charge in [-0.05, 0) is 31.2 Å². The minimum atomic E-state index is -1.59. The smallest absolute Gasteiger partial charge is 0.305 e. The van der Waals surface area contributed by atoms with Crippen LogP contribution in [0.15, 0.2) is 35.3 Å². The molecule has 2 heterocycles. The maximum Gasteiger partial charge on any atom is 0.305 e. The third kappa shape index (κ3) is 10.8. The van der Waals surface area contributed by atoms with Gasteiger partial charge in [0, 0.05) is 19.5 Å². The number of amides is 6. The lowest BCUT2D eigenvalue weighted by Gasteiger charge is -2.30. The molecule has 0 bridgehead atoms. The maximum absolute atomic E-state index is 13.8. The first-order chi connectivity index (χ1) is 21.4. The molecule has 1 aromatic rings. The molecule has 0 aromatic heterocycles. The Bertz CT molecular complexity index is 1300. The second-order valence-corrected chi connectivity index (χ2v) is 10.7. The summed E-state index contributed by atoms with van der Waals surface area (Å²) >= 11 is 0. The van der Waals surface area contributed by atoms with Crippen LogP contribution in [0.25, 0.3) is 0 Å². The highest BCUT2D eigenvalue weighted by atomic mass is 16.4. The second-order valence-electron chi connectivity index (χ2n) is 10.7. The highest BCUT2D eigenvalue weighted by Crippen LogP contribution is 2.20. The first-order valence-electron chi connectivity index (χ1n) is 14.5. The summed E-state index contributed by atoms with van der Waals surface area (Å²) in [5.41, 5.74) is 11.3. The number of carbonyl (C=O) groups is 7.